The summed E-state index contributed by atoms with van der Waals surface area (Å²) in [5.41, 5.74) is 1.63. The molecule has 4 aliphatic carbocycles. The fourth-order valence-corrected chi connectivity index (χ4v) is 14.0. The number of hydrogen-bond donors (Lipinski definition) is 1. The van der Waals surface area contributed by atoms with Gasteiger partial charge in [-0.2, -0.15) is 0 Å². The van der Waals surface area contributed by atoms with Crippen LogP contribution >= 0.6 is 0 Å². The number of rotatable bonds is 5. The third-order valence-corrected chi connectivity index (χ3v) is 15.3. The lowest BCUT2D eigenvalue weighted by Crippen LogP contribution is -2.64. The van der Waals surface area contributed by atoms with Crippen molar-refractivity contribution in [2.24, 2.45) is 29.1 Å². The highest BCUT2D eigenvalue weighted by Crippen LogP contribution is 2.72. The van der Waals surface area contributed by atoms with Crippen molar-refractivity contribution in [3.05, 3.63) is 12.2 Å². The van der Waals surface area contributed by atoms with Gasteiger partial charge >= 0.3 is 0 Å². The fraction of sp³-hybridized carbons (Fsp3) is 0.917. The molecule has 0 aromatic rings. The van der Waals surface area contributed by atoms with Gasteiger partial charge in [0, 0.05) is 5.92 Å². The van der Waals surface area contributed by atoms with Gasteiger partial charge in [0.25, 0.3) is 0 Å². The second-order valence-corrected chi connectivity index (χ2v) is 16.9. The number of allylic oxidation sites excluding steroid dienone is 1. The van der Waals surface area contributed by atoms with Crippen molar-refractivity contribution in [2.45, 2.75) is 109 Å². The Morgan fingerprint density at radius 2 is 1.52 bits per heavy atom. The van der Waals surface area contributed by atoms with Crippen LogP contribution in [0.25, 0.3) is 0 Å². The van der Waals surface area contributed by atoms with Gasteiger partial charge in [-0.1, -0.05) is 60.1 Å². The van der Waals surface area contributed by atoms with Crippen LogP contribution in [0.2, 0.25) is 16.6 Å². The van der Waals surface area contributed by atoms with Gasteiger partial charge in [-0.3, -0.25) is 0 Å². The van der Waals surface area contributed by atoms with Crippen LogP contribution in [0, 0.1) is 29.1 Å². The van der Waals surface area contributed by atoms with Crippen LogP contribution in [0.1, 0.15) is 80.6 Å². The maximum Gasteiger partial charge on any atom is 0.200 e. The molecule has 27 heavy (non-hydrogen) atoms. The summed E-state index contributed by atoms with van der Waals surface area (Å²) in [4.78, 5) is 0. The van der Waals surface area contributed by atoms with Crippen LogP contribution in [-0.2, 0) is 4.43 Å². The van der Waals surface area contributed by atoms with Crippen LogP contribution in [0.3, 0.4) is 0 Å². The molecule has 1 N–H and O–H groups in total. The van der Waals surface area contributed by atoms with E-state index in [4.69, 9.17) is 4.43 Å². The van der Waals surface area contributed by atoms with Crippen molar-refractivity contribution in [1.82, 2.24) is 0 Å². The Morgan fingerprint density at radius 3 is 2.04 bits per heavy atom. The maximum atomic E-state index is 11.4. The van der Waals surface area contributed by atoms with Gasteiger partial charge in [0.15, 0.2) is 0 Å². The van der Waals surface area contributed by atoms with Gasteiger partial charge in [-0.25, -0.2) is 0 Å². The van der Waals surface area contributed by atoms with Crippen LogP contribution in [0.5, 0.6) is 0 Å². The zero-order chi connectivity index (χ0) is 19.8. The molecule has 0 aliphatic heterocycles. The van der Waals surface area contributed by atoms with Crippen molar-refractivity contribution in [3.8, 4) is 0 Å². The lowest BCUT2D eigenvalue weighted by Gasteiger charge is -2.62. The van der Waals surface area contributed by atoms with E-state index in [0.717, 1.165) is 0 Å². The summed E-state index contributed by atoms with van der Waals surface area (Å²) in [7, 11) is -1.91. The topological polar surface area (TPSA) is 29.5 Å². The molecule has 2 nitrogen and oxygen atoms in total. The summed E-state index contributed by atoms with van der Waals surface area (Å²) in [5.74, 6) is 2.27. The molecule has 6 atom stereocenters. The van der Waals surface area contributed by atoms with Crippen molar-refractivity contribution >= 4 is 8.32 Å². The van der Waals surface area contributed by atoms with E-state index in [9.17, 15) is 5.11 Å². The highest BCUT2D eigenvalue weighted by molar-refractivity contribution is 6.77. The van der Waals surface area contributed by atoms with E-state index in [1.54, 1.807) is 0 Å². The Bertz CT molecular complexity index is 580. The molecule has 0 radical (unpaired) electrons. The molecule has 3 heteroatoms. The highest BCUT2D eigenvalue weighted by Gasteiger charge is 2.70. The maximum absolute atomic E-state index is 11.4. The third-order valence-electron chi connectivity index (χ3n) is 9.24. The molecule has 0 saturated heterocycles. The van der Waals surface area contributed by atoms with Crippen LogP contribution in [-0.4, -0.2) is 25.1 Å². The first-order valence-corrected chi connectivity index (χ1v) is 13.8. The van der Waals surface area contributed by atoms with E-state index < -0.39 is 13.9 Å². The van der Waals surface area contributed by atoms with E-state index in [1.807, 2.05) is 0 Å². The normalized spacial score (nSPS) is 42.4. The van der Waals surface area contributed by atoms with Crippen molar-refractivity contribution in [1.29, 1.82) is 0 Å². The molecule has 4 bridgehead atoms. The minimum absolute atomic E-state index is 0.371. The molecule has 0 amide bonds. The van der Waals surface area contributed by atoms with Crippen molar-refractivity contribution in [3.63, 3.8) is 0 Å². The summed E-state index contributed by atoms with van der Waals surface area (Å²) in [6.07, 6.45) is 11.5. The minimum Gasteiger partial charge on any atom is -0.413 e. The smallest absolute Gasteiger partial charge is 0.200 e. The predicted octanol–water partition coefficient (Wildman–Crippen LogP) is 6.31. The Morgan fingerprint density at radius 1 is 0.963 bits per heavy atom. The molecule has 0 aromatic carbocycles. The van der Waals surface area contributed by atoms with Gasteiger partial charge in [0.05, 0.1) is 11.7 Å². The molecule has 3 saturated carbocycles. The molecular formula is C24H42O2Si. The summed E-state index contributed by atoms with van der Waals surface area (Å²) in [6, 6.07) is 0. The Kier molecular flexibility index (Phi) is 4.81. The van der Waals surface area contributed by atoms with E-state index >= 15 is 0 Å². The van der Waals surface area contributed by atoms with E-state index in [-0.39, 0.29) is 0 Å². The quantitative estimate of drug-likeness (QED) is 0.440. The first kappa shape index (κ1) is 20.2. The third kappa shape index (κ3) is 2.70. The molecule has 3 fully saturated rings. The monoisotopic (exact) mass is 390 g/mol. The average molecular weight is 391 g/mol. The SMILES string of the molecule is CC(C)[Si](O[C@@H]1[C@H]2CCC[C@@H]1[C@@H]1C3(CC3)[C@H]2C=C[C@]1(C)O)(C(C)C)C(C)C. The Labute approximate surface area is 168 Å². The van der Waals surface area contributed by atoms with E-state index in [1.165, 1.54) is 32.1 Å². The van der Waals surface area contributed by atoms with Gasteiger partial charge in [-0.15, -0.1) is 0 Å². The lowest BCUT2D eigenvalue weighted by atomic mass is 9.48. The zero-order valence-corrected chi connectivity index (χ0v) is 19.7. The first-order chi connectivity index (χ1) is 12.6. The Balaban J connectivity index is 1.75. The number of hydrogen-bond acceptors (Lipinski definition) is 2. The minimum atomic E-state index is -1.91. The average Bonchev–Trinajstić information content (AvgIpc) is 3.31. The van der Waals surface area contributed by atoms with E-state index in [2.05, 4.69) is 60.6 Å². The number of aliphatic hydroxyl groups is 1. The van der Waals surface area contributed by atoms with Crippen LogP contribution in [0.4, 0.5) is 0 Å². The molecule has 0 aromatic heterocycles. The summed E-state index contributed by atoms with van der Waals surface area (Å²) in [6.45, 7) is 16.5. The summed E-state index contributed by atoms with van der Waals surface area (Å²) < 4.78 is 7.48. The second kappa shape index (κ2) is 6.44. The van der Waals surface area contributed by atoms with Crippen molar-refractivity contribution in [2.75, 3.05) is 0 Å². The predicted molar refractivity (Wildman–Crippen MR) is 115 cm³/mol. The number of fused-ring (bicyclic) bond motifs is 4. The zero-order valence-electron chi connectivity index (χ0n) is 18.7. The molecule has 1 spiro atoms. The Hall–Kier alpha value is -0.123. The largest absolute Gasteiger partial charge is 0.413 e. The first-order valence-electron chi connectivity index (χ1n) is 11.7. The van der Waals surface area contributed by atoms with Crippen molar-refractivity contribution < 1.29 is 9.53 Å². The summed E-state index contributed by atoms with van der Waals surface area (Å²) >= 11 is 0. The second-order valence-electron chi connectivity index (χ2n) is 11.5. The van der Waals surface area contributed by atoms with E-state index in [0.29, 0.717) is 51.8 Å². The molecule has 0 heterocycles. The standard InChI is InChI=1S/C24H42O2Si/c1-15(2)27(16(3)4,17(5)6)26-21-18-9-8-10-19(21)22-23(7,25)12-11-20(18)24(22)13-14-24/h11-12,15-22,25H,8-10,13-14H2,1-7H3/t18-,19-,20-,21+,22-,23-/m0/s1. The van der Waals surface area contributed by atoms with Crippen LogP contribution in [0.15, 0.2) is 12.2 Å². The molecule has 4 rings (SSSR count). The van der Waals surface area contributed by atoms with Gasteiger partial charge in [0.1, 0.15) is 0 Å². The van der Waals surface area contributed by atoms with Gasteiger partial charge < -0.3 is 9.53 Å². The molecule has 4 aliphatic rings. The van der Waals surface area contributed by atoms with Gasteiger partial charge in [0.2, 0.25) is 8.32 Å². The van der Waals surface area contributed by atoms with Crippen LogP contribution < -0.4 is 0 Å². The van der Waals surface area contributed by atoms with Gasteiger partial charge in [-0.05, 0) is 72.4 Å². The highest BCUT2D eigenvalue weighted by atomic mass is 28.4. The lowest BCUT2D eigenvalue weighted by molar-refractivity contribution is -0.159. The molecule has 154 valence electrons. The fourth-order valence-electron chi connectivity index (χ4n) is 8.39. The summed E-state index contributed by atoms with van der Waals surface area (Å²) in [5, 5.41) is 11.4. The molecular weight excluding hydrogens is 348 g/mol. The molecule has 0 unspecified atom stereocenters.